The second kappa shape index (κ2) is 13.5. The Bertz CT molecular complexity index is 685. The second-order valence-corrected chi connectivity index (χ2v) is 8.84. The fourth-order valence-corrected chi connectivity index (χ4v) is 4.56. The molecule has 0 spiro atoms. The number of hydrogen-bond donors (Lipinski definition) is 3. The summed E-state index contributed by atoms with van der Waals surface area (Å²) in [5, 5.41) is 14.3. The molecule has 0 amide bonds. The predicted octanol–water partition coefficient (Wildman–Crippen LogP) is 2.43. The number of carbonyl (C=O) groups is 2. The van der Waals surface area contributed by atoms with Crippen molar-refractivity contribution in [2.24, 2.45) is 0 Å². The molecule has 10 heteroatoms. The number of carboxylic acid groups (broad SMARTS) is 2. The minimum absolute atomic E-state index is 0.0307. The van der Waals surface area contributed by atoms with Gasteiger partial charge in [0.25, 0.3) is 12.9 Å². The zero-order valence-corrected chi connectivity index (χ0v) is 17.7. The van der Waals surface area contributed by atoms with Crippen LogP contribution in [-0.4, -0.2) is 62.7 Å². The van der Waals surface area contributed by atoms with Crippen molar-refractivity contribution in [1.29, 1.82) is 0 Å². The lowest BCUT2D eigenvalue weighted by atomic mass is 9.81. The second-order valence-electron chi connectivity index (χ2n) is 6.60. The number of hydrogen-bond acceptors (Lipinski definition) is 5. The van der Waals surface area contributed by atoms with Gasteiger partial charge >= 0.3 is 0 Å². The molecule has 0 heterocycles. The first-order valence-corrected chi connectivity index (χ1v) is 10.7. The first kappa shape index (κ1) is 26.3. The van der Waals surface area contributed by atoms with E-state index in [-0.39, 0.29) is 24.2 Å². The smallest absolute Gasteiger partial charge is 0.290 e. The summed E-state index contributed by atoms with van der Waals surface area (Å²) in [6.07, 6.45) is 5.65. The van der Waals surface area contributed by atoms with Gasteiger partial charge < -0.3 is 15.1 Å². The molecule has 1 aromatic rings. The van der Waals surface area contributed by atoms with Crippen molar-refractivity contribution < 1.29 is 28.2 Å². The van der Waals surface area contributed by atoms with Crippen LogP contribution < -0.4 is 4.72 Å². The minimum Gasteiger partial charge on any atom is -0.483 e. The Morgan fingerprint density at radius 1 is 1.14 bits per heavy atom. The summed E-state index contributed by atoms with van der Waals surface area (Å²) in [6, 6.07) is 7.00. The molecule has 3 N–H and O–H groups in total. The van der Waals surface area contributed by atoms with Crippen LogP contribution >= 0.6 is 11.6 Å². The monoisotopic (exact) mass is 436 g/mol. The van der Waals surface area contributed by atoms with Crippen molar-refractivity contribution in [3.05, 3.63) is 34.9 Å². The van der Waals surface area contributed by atoms with Crippen LogP contribution in [0.15, 0.2) is 24.3 Å². The largest absolute Gasteiger partial charge is 0.483 e. The van der Waals surface area contributed by atoms with Gasteiger partial charge in [-0.05, 0) is 44.6 Å². The zero-order chi connectivity index (χ0) is 21.6. The van der Waals surface area contributed by atoms with Gasteiger partial charge in [0, 0.05) is 17.1 Å². The summed E-state index contributed by atoms with van der Waals surface area (Å²) >= 11 is 5.91. The molecule has 0 saturated heterocycles. The highest BCUT2D eigenvalue weighted by Crippen LogP contribution is 2.31. The Labute approximate surface area is 171 Å². The minimum atomic E-state index is -3.36. The van der Waals surface area contributed by atoms with Gasteiger partial charge in [-0.2, -0.15) is 0 Å². The maximum absolute atomic E-state index is 12.3. The highest BCUT2D eigenvalue weighted by atomic mass is 35.5. The maximum Gasteiger partial charge on any atom is 0.290 e. The third-order valence-corrected chi connectivity index (χ3v) is 6.13. The molecule has 1 saturated carbocycles. The summed E-state index contributed by atoms with van der Waals surface area (Å²) in [5.41, 5.74) is 0.655. The molecule has 28 heavy (non-hydrogen) atoms. The number of sulfonamides is 1. The van der Waals surface area contributed by atoms with Crippen LogP contribution in [0, 0.1) is 0 Å². The zero-order valence-electron chi connectivity index (χ0n) is 16.2. The van der Waals surface area contributed by atoms with Crippen molar-refractivity contribution in [1.82, 2.24) is 9.62 Å². The standard InChI is InChI=1S/C16H25ClN2O2S.2CH2O2/c1-19(2)16(9-4-3-5-10-16)13-18-22(20,21)12-14-7-6-8-15(17)11-14;2*2-1-3/h6-8,11,18H,3-5,9-10,12-13H2,1-2H3;2*1H,(H,2,3). The van der Waals surface area contributed by atoms with E-state index in [1.54, 1.807) is 24.3 Å². The molecule has 0 aromatic heterocycles. The molecule has 2 rings (SSSR count). The molecule has 0 atom stereocenters. The maximum atomic E-state index is 12.3. The molecule has 160 valence electrons. The van der Waals surface area contributed by atoms with Gasteiger partial charge in [-0.25, -0.2) is 13.1 Å². The van der Waals surface area contributed by atoms with Gasteiger partial charge in [-0.15, -0.1) is 0 Å². The third-order valence-electron chi connectivity index (χ3n) is 4.60. The van der Waals surface area contributed by atoms with E-state index in [0.29, 0.717) is 17.1 Å². The first-order chi connectivity index (χ1) is 13.2. The highest BCUT2D eigenvalue weighted by Gasteiger charge is 2.35. The van der Waals surface area contributed by atoms with Crippen LogP contribution in [0.4, 0.5) is 0 Å². The number of halogens is 1. The van der Waals surface area contributed by atoms with E-state index in [9.17, 15) is 8.42 Å². The van der Waals surface area contributed by atoms with Crippen molar-refractivity contribution >= 4 is 34.6 Å². The van der Waals surface area contributed by atoms with Crippen molar-refractivity contribution in [2.75, 3.05) is 20.6 Å². The third kappa shape index (κ3) is 10.0. The van der Waals surface area contributed by atoms with E-state index in [4.69, 9.17) is 31.4 Å². The lowest BCUT2D eigenvalue weighted by Crippen LogP contribution is -2.53. The fourth-order valence-electron chi connectivity index (χ4n) is 3.13. The molecule has 0 radical (unpaired) electrons. The lowest BCUT2D eigenvalue weighted by Gasteiger charge is -2.43. The normalized spacial score (nSPS) is 15.4. The molecule has 8 nitrogen and oxygen atoms in total. The number of nitrogens with one attached hydrogen (secondary N) is 1. The van der Waals surface area contributed by atoms with Crippen molar-refractivity contribution in [3.63, 3.8) is 0 Å². The molecular weight excluding hydrogens is 408 g/mol. The molecule has 1 aromatic carbocycles. The molecule has 0 bridgehead atoms. The highest BCUT2D eigenvalue weighted by molar-refractivity contribution is 7.88. The van der Waals surface area contributed by atoms with E-state index in [1.165, 1.54) is 6.42 Å². The van der Waals surface area contributed by atoms with E-state index in [0.717, 1.165) is 25.7 Å². The van der Waals surface area contributed by atoms with Crippen LogP contribution in [0.25, 0.3) is 0 Å². The first-order valence-electron chi connectivity index (χ1n) is 8.71. The number of benzene rings is 1. The van der Waals surface area contributed by atoms with E-state index in [2.05, 4.69) is 9.62 Å². The SMILES string of the molecule is CN(C)C1(CNS(=O)(=O)Cc2cccc(Cl)c2)CCCCC1.O=CO.O=CO. The molecule has 1 aliphatic carbocycles. The van der Waals surface area contributed by atoms with E-state index < -0.39 is 10.0 Å². The summed E-state index contributed by atoms with van der Waals surface area (Å²) in [7, 11) is 0.719. The Hall–Kier alpha value is -1.68. The van der Waals surface area contributed by atoms with Crippen LogP contribution in [0.3, 0.4) is 0 Å². The topological polar surface area (TPSA) is 124 Å². The average Bonchev–Trinajstić information content (AvgIpc) is 2.62. The quantitative estimate of drug-likeness (QED) is 0.585. The fraction of sp³-hybridized carbons (Fsp3) is 0.556. The van der Waals surface area contributed by atoms with Gasteiger partial charge in [0.15, 0.2) is 0 Å². The van der Waals surface area contributed by atoms with E-state index in [1.807, 2.05) is 14.1 Å². The molecule has 0 unspecified atom stereocenters. The molecule has 0 aliphatic heterocycles. The van der Waals surface area contributed by atoms with Gasteiger partial charge in [0.05, 0.1) is 5.75 Å². The van der Waals surface area contributed by atoms with E-state index >= 15 is 0 Å². The van der Waals surface area contributed by atoms with Crippen LogP contribution in [0.1, 0.15) is 37.7 Å². The Morgan fingerprint density at radius 2 is 1.68 bits per heavy atom. The molecule has 1 fully saturated rings. The molecule has 1 aliphatic rings. The number of rotatable bonds is 6. The molecular formula is C18H29ClN2O6S. The van der Waals surface area contributed by atoms with Crippen LogP contribution in [0.5, 0.6) is 0 Å². The summed E-state index contributed by atoms with van der Waals surface area (Å²) < 4.78 is 27.5. The Balaban J connectivity index is 0.00000108. The van der Waals surface area contributed by atoms with Crippen molar-refractivity contribution in [2.45, 2.75) is 43.4 Å². The van der Waals surface area contributed by atoms with Crippen LogP contribution in [-0.2, 0) is 25.4 Å². The van der Waals surface area contributed by atoms with Gasteiger partial charge in [0.1, 0.15) is 0 Å². The van der Waals surface area contributed by atoms with Gasteiger partial charge in [0.2, 0.25) is 10.0 Å². The van der Waals surface area contributed by atoms with Crippen molar-refractivity contribution in [3.8, 4) is 0 Å². The van der Waals surface area contributed by atoms with Gasteiger partial charge in [-0.1, -0.05) is 43.0 Å². The lowest BCUT2D eigenvalue weighted by molar-refractivity contribution is -0.123. The number of likely N-dealkylation sites (N-methyl/N-ethyl adjacent to an activating group) is 1. The average molecular weight is 437 g/mol. The van der Waals surface area contributed by atoms with Gasteiger partial charge in [-0.3, -0.25) is 9.59 Å². The van der Waals surface area contributed by atoms with Crippen LogP contribution in [0.2, 0.25) is 5.02 Å². The predicted molar refractivity (Wildman–Crippen MR) is 109 cm³/mol. The Morgan fingerprint density at radius 3 is 2.14 bits per heavy atom. The summed E-state index contributed by atoms with van der Waals surface area (Å²) in [6.45, 7) is -0.0249. The number of nitrogens with zero attached hydrogens (tertiary/aromatic N) is 1. The summed E-state index contributed by atoms with van der Waals surface area (Å²) in [5.74, 6) is -0.0307. The Kier molecular flexibility index (Phi) is 12.7. The summed E-state index contributed by atoms with van der Waals surface area (Å²) in [4.78, 5) is 18.9.